The van der Waals surface area contributed by atoms with Crippen molar-refractivity contribution in [3.05, 3.63) is 23.7 Å². The van der Waals surface area contributed by atoms with Crippen molar-refractivity contribution < 1.29 is 9.52 Å². The molecular weight excluding hydrogens is 140 g/mol. The van der Waals surface area contributed by atoms with Gasteiger partial charge in [0.05, 0.1) is 6.26 Å². The quantitative estimate of drug-likeness (QED) is 0.650. The van der Waals surface area contributed by atoms with Crippen LogP contribution in [-0.4, -0.2) is 5.11 Å². The second-order valence-corrected chi connectivity index (χ2v) is 2.39. The first-order valence-corrected chi connectivity index (χ1v) is 3.41. The van der Waals surface area contributed by atoms with Crippen LogP contribution in [0.1, 0.15) is 23.8 Å². The highest BCUT2D eigenvalue weighted by Crippen LogP contribution is 2.20. The van der Waals surface area contributed by atoms with Gasteiger partial charge in [0.2, 0.25) is 0 Å². The molecule has 1 atom stereocenters. The zero-order valence-electron chi connectivity index (χ0n) is 6.37. The molecule has 0 aromatic carbocycles. The molecule has 1 heterocycles. The van der Waals surface area contributed by atoms with E-state index in [4.69, 9.17) is 10.8 Å². The molecule has 1 rings (SSSR count). The van der Waals surface area contributed by atoms with E-state index in [9.17, 15) is 5.11 Å². The molecule has 0 aliphatic rings. The molecule has 2 nitrogen and oxygen atoms in total. The number of hydrogen-bond acceptors (Lipinski definition) is 2. The van der Waals surface area contributed by atoms with Crippen molar-refractivity contribution in [1.29, 1.82) is 0 Å². The Morgan fingerprint density at radius 2 is 2.55 bits per heavy atom. The van der Waals surface area contributed by atoms with Crippen LogP contribution in [-0.2, 0) is 0 Å². The Balaban J connectivity index is 2.77. The molecule has 0 radical (unpaired) electrons. The maximum absolute atomic E-state index is 9.35. The van der Waals surface area contributed by atoms with Crippen molar-refractivity contribution >= 4 is 0 Å². The molecule has 1 aromatic rings. The number of furan rings is 1. The Hall–Kier alpha value is -1.20. The van der Waals surface area contributed by atoms with Crippen LogP contribution < -0.4 is 0 Å². The van der Waals surface area contributed by atoms with Crippen molar-refractivity contribution in [3.63, 3.8) is 0 Å². The molecule has 11 heavy (non-hydrogen) atoms. The van der Waals surface area contributed by atoms with Gasteiger partial charge in [-0.1, -0.05) is 0 Å². The van der Waals surface area contributed by atoms with E-state index in [1.807, 2.05) is 6.92 Å². The zero-order valence-corrected chi connectivity index (χ0v) is 6.37. The van der Waals surface area contributed by atoms with E-state index < -0.39 is 6.10 Å². The van der Waals surface area contributed by atoms with Gasteiger partial charge in [-0.3, -0.25) is 0 Å². The van der Waals surface area contributed by atoms with Crippen LogP contribution >= 0.6 is 0 Å². The third kappa shape index (κ3) is 1.63. The van der Waals surface area contributed by atoms with Crippen LogP contribution in [0.25, 0.3) is 0 Å². The number of hydrogen-bond donors (Lipinski definition) is 1. The maximum Gasteiger partial charge on any atom is 0.136 e. The number of rotatable bonds is 2. The van der Waals surface area contributed by atoms with Crippen molar-refractivity contribution in [2.24, 2.45) is 0 Å². The second-order valence-electron chi connectivity index (χ2n) is 2.39. The second kappa shape index (κ2) is 3.27. The van der Waals surface area contributed by atoms with Gasteiger partial charge < -0.3 is 9.52 Å². The van der Waals surface area contributed by atoms with E-state index >= 15 is 0 Å². The minimum atomic E-state index is -0.657. The van der Waals surface area contributed by atoms with Crippen molar-refractivity contribution in [1.82, 2.24) is 0 Å². The molecule has 2 heteroatoms. The molecule has 58 valence electrons. The highest BCUT2D eigenvalue weighted by Gasteiger charge is 2.11. The summed E-state index contributed by atoms with van der Waals surface area (Å²) < 4.78 is 5.03. The maximum atomic E-state index is 9.35. The normalized spacial score (nSPS) is 12.5. The Morgan fingerprint density at radius 3 is 3.00 bits per heavy atom. The summed E-state index contributed by atoms with van der Waals surface area (Å²) in [6.45, 7) is 1.87. The van der Waals surface area contributed by atoms with Crippen LogP contribution in [0, 0.1) is 19.3 Å². The lowest BCUT2D eigenvalue weighted by atomic mass is 10.1. The van der Waals surface area contributed by atoms with Crippen LogP contribution in [0.4, 0.5) is 0 Å². The fourth-order valence-corrected chi connectivity index (χ4v) is 0.930. The number of aliphatic hydroxyl groups excluding tert-OH is 1. The monoisotopic (exact) mass is 150 g/mol. The molecule has 1 unspecified atom stereocenters. The molecule has 0 saturated carbocycles. The molecule has 0 bridgehead atoms. The van der Waals surface area contributed by atoms with Gasteiger partial charge in [-0.05, 0) is 18.6 Å². The average molecular weight is 150 g/mol. The van der Waals surface area contributed by atoms with Crippen LogP contribution in [0.2, 0.25) is 0 Å². The molecular formula is C9H10O2. The van der Waals surface area contributed by atoms with E-state index in [0.717, 1.165) is 5.56 Å². The van der Waals surface area contributed by atoms with E-state index in [1.165, 1.54) is 0 Å². The summed E-state index contributed by atoms with van der Waals surface area (Å²) in [6.07, 6.45) is 6.22. The Kier molecular flexibility index (Phi) is 2.35. The SMILES string of the molecule is C#CCC(O)c1occc1C. The van der Waals surface area contributed by atoms with Gasteiger partial charge in [0.15, 0.2) is 0 Å². The first-order chi connectivity index (χ1) is 5.25. The summed E-state index contributed by atoms with van der Waals surface area (Å²) in [6, 6.07) is 1.80. The minimum Gasteiger partial charge on any atom is -0.466 e. The lowest BCUT2D eigenvalue weighted by Gasteiger charge is -2.03. The van der Waals surface area contributed by atoms with Gasteiger partial charge in [0, 0.05) is 6.42 Å². The number of aliphatic hydroxyl groups is 1. The van der Waals surface area contributed by atoms with Gasteiger partial charge in [-0.25, -0.2) is 0 Å². The van der Waals surface area contributed by atoms with Gasteiger partial charge in [-0.2, -0.15) is 0 Å². The van der Waals surface area contributed by atoms with Crippen molar-refractivity contribution in [3.8, 4) is 12.3 Å². The van der Waals surface area contributed by atoms with Crippen LogP contribution in [0.15, 0.2) is 16.7 Å². The summed E-state index contributed by atoms with van der Waals surface area (Å²) in [5.41, 5.74) is 0.938. The largest absolute Gasteiger partial charge is 0.466 e. The molecule has 0 fully saturated rings. The fourth-order valence-electron chi connectivity index (χ4n) is 0.930. The molecule has 1 aromatic heterocycles. The zero-order chi connectivity index (χ0) is 8.27. The Bertz CT molecular complexity index is 267. The Morgan fingerprint density at radius 1 is 1.82 bits per heavy atom. The van der Waals surface area contributed by atoms with Crippen LogP contribution in [0.5, 0.6) is 0 Å². The van der Waals surface area contributed by atoms with E-state index in [0.29, 0.717) is 12.2 Å². The lowest BCUT2D eigenvalue weighted by Crippen LogP contribution is -1.95. The third-order valence-electron chi connectivity index (χ3n) is 1.52. The van der Waals surface area contributed by atoms with Gasteiger partial charge >= 0.3 is 0 Å². The fraction of sp³-hybridized carbons (Fsp3) is 0.333. The minimum absolute atomic E-state index is 0.300. The third-order valence-corrected chi connectivity index (χ3v) is 1.52. The summed E-state index contributed by atoms with van der Waals surface area (Å²) in [5.74, 6) is 2.95. The summed E-state index contributed by atoms with van der Waals surface area (Å²) >= 11 is 0. The standard InChI is InChI=1S/C9H10O2/c1-3-4-8(10)9-7(2)5-6-11-9/h1,5-6,8,10H,4H2,2H3. The first kappa shape index (κ1) is 7.90. The van der Waals surface area contributed by atoms with E-state index in [1.54, 1.807) is 12.3 Å². The van der Waals surface area contributed by atoms with Crippen molar-refractivity contribution in [2.75, 3.05) is 0 Å². The smallest absolute Gasteiger partial charge is 0.136 e. The van der Waals surface area contributed by atoms with E-state index in [2.05, 4.69) is 5.92 Å². The van der Waals surface area contributed by atoms with Crippen molar-refractivity contribution in [2.45, 2.75) is 19.4 Å². The number of aryl methyl sites for hydroxylation is 1. The molecule has 0 amide bonds. The lowest BCUT2D eigenvalue weighted by molar-refractivity contribution is 0.154. The molecule has 0 aliphatic heterocycles. The summed E-state index contributed by atoms with van der Waals surface area (Å²) in [4.78, 5) is 0. The molecule has 0 spiro atoms. The average Bonchev–Trinajstić information content (AvgIpc) is 2.36. The predicted octanol–water partition coefficient (Wildman–Crippen LogP) is 1.64. The Labute approximate surface area is 65.8 Å². The van der Waals surface area contributed by atoms with E-state index in [-0.39, 0.29) is 0 Å². The summed E-state index contributed by atoms with van der Waals surface area (Å²) in [7, 11) is 0. The number of terminal acetylenes is 1. The molecule has 0 aliphatic carbocycles. The highest BCUT2D eigenvalue weighted by atomic mass is 16.4. The highest BCUT2D eigenvalue weighted by molar-refractivity contribution is 5.17. The molecule has 0 saturated heterocycles. The topological polar surface area (TPSA) is 33.4 Å². The van der Waals surface area contributed by atoms with Gasteiger partial charge in [0.25, 0.3) is 0 Å². The summed E-state index contributed by atoms with van der Waals surface area (Å²) in [5, 5.41) is 9.35. The predicted molar refractivity (Wildman–Crippen MR) is 41.9 cm³/mol. The van der Waals surface area contributed by atoms with Gasteiger partial charge in [0.1, 0.15) is 11.9 Å². The molecule has 1 N–H and O–H groups in total. The first-order valence-electron chi connectivity index (χ1n) is 3.41. The van der Waals surface area contributed by atoms with Gasteiger partial charge in [-0.15, -0.1) is 12.3 Å². The van der Waals surface area contributed by atoms with Crippen LogP contribution in [0.3, 0.4) is 0 Å².